The van der Waals surface area contributed by atoms with Crippen LogP contribution in [0.25, 0.3) is 0 Å². The van der Waals surface area contributed by atoms with E-state index in [4.69, 9.17) is 18.0 Å². The number of hydrogen-bond donors (Lipinski definition) is 1. The Hall–Kier alpha value is -1.42. The third-order valence-corrected chi connectivity index (χ3v) is 2.44. The van der Waals surface area contributed by atoms with Crippen LogP contribution in [-0.2, 0) is 11.3 Å². The molecule has 0 unspecified atom stereocenters. The fourth-order valence-electron chi connectivity index (χ4n) is 1.34. The Labute approximate surface area is 101 Å². The topological polar surface area (TPSA) is 46.3 Å². The second kappa shape index (κ2) is 5.61. The molecular formula is C12H16N2OS. The van der Waals surface area contributed by atoms with Gasteiger partial charge in [-0.3, -0.25) is 4.79 Å². The summed E-state index contributed by atoms with van der Waals surface area (Å²) in [5, 5.41) is 0. The molecule has 0 heterocycles. The number of aryl methyl sites for hydroxylation is 1. The zero-order valence-corrected chi connectivity index (χ0v) is 10.4. The van der Waals surface area contributed by atoms with Gasteiger partial charge in [0.2, 0.25) is 5.91 Å². The molecule has 1 amide bonds. The van der Waals surface area contributed by atoms with Crippen molar-refractivity contribution in [2.24, 2.45) is 5.73 Å². The molecule has 1 aromatic carbocycles. The standard InChI is InChI=1S/C12H16N2OS/c1-9-3-5-10(6-4-9)8-14(2)12(15)7-11(13)16/h3-6H,7-8H2,1-2H3,(H2,13,16). The number of nitrogens with two attached hydrogens (primary N) is 1. The summed E-state index contributed by atoms with van der Waals surface area (Å²) in [4.78, 5) is 13.4. The first kappa shape index (κ1) is 12.6. The van der Waals surface area contributed by atoms with Gasteiger partial charge >= 0.3 is 0 Å². The largest absolute Gasteiger partial charge is 0.393 e. The minimum Gasteiger partial charge on any atom is -0.393 e. The molecule has 0 bridgehead atoms. The van der Waals surface area contributed by atoms with Crippen molar-refractivity contribution in [1.82, 2.24) is 4.90 Å². The van der Waals surface area contributed by atoms with Crippen LogP contribution in [-0.4, -0.2) is 22.8 Å². The number of carbonyl (C=O) groups excluding carboxylic acids is 1. The second-order valence-electron chi connectivity index (χ2n) is 3.88. The SMILES string of the molecule is Cc1ccc(CN(C)C(=O)CC(N)=S)cc1. The molecule has 86 valence electrons. The van der Waals surface area contributed by atoms with E-state index in [1.54, 1.807) is 11.9 Å². The smallest absolute Gasteiger partial charge is 0.229 e. The number of hydrogen-bond acceptors (Lipinski definition) is 2. The highest BCUT2D eigenvalue weighted by Crippen LogP contribution is 2.06. The van der Waals surface area contributed by atoms with Crippen molar-refractivity contribution in [3.05, 3.63) is 35.4 Å². The Kier molecular flexibility index (Phi) is 4.43. The molecule has 0 aromatic heterocycles. The highest BCUT2D eigenvalue weighted by atomic mass is 32.1. The molecule has 4 heteroatoms. The number of carbonyl (C=O) groups is 1. The summed E-state index contributed by atoms with van der Waals surface area (Å²) in [7, 11) is 1.75. The average molecular weight is 236 g/mol. The van der Waals surface area contributed by atoms with Crippen LogP contribution in [0.5, 0.6) is 0 Å². The van der Waals surface area contributed by atoms with Crippen molar-refractivity contribution in [3.8, 4) is 0 Å². The predicted octanol–water partition coefficient (Wildman–Crippen LogP) is 1.63. The first-order valence-corrected chi connectivity index (χ1v) is 5.47. The average Bonchev–Trinajstić information content (AvgIpc) is 2.20. The molecule has 2 N–H and O–H groups in total. The van der Waals surface area contributed by atoms with Crippen molar-refractivity contribution < 1.29 is 4.79 Å². The van der Waals surface area contributed by atoms with E-state index in [2.05, 4.69) is 0 Å². The highest BCUT2D eigenvalue weighted by molar-refractivity contribution is 7.80. The summed E-state index contributed by atoms with van der Waals surface area (Å²) in [6.45, 7) is 2.62. The van der Waals surface area contributed by atoms with E-state index in [1.165, 1.54) is 5.56 Å². The maximum absolute atomic E-state index is 11.6. The molecule has 0 fully saturated rings. The zero-order chi connectivity index (χ0) is 12.1. The van der Waals surface area contributed by atoms with E-state index >= 15 is 0 Å². The van der Waals surface area contributed by atoms with Gasteiger partial charge in [0.25, 0.3) is 0 Å². The molecule has 16 heavy (non-hydrogen) atoms. The predicted molar refractivity (Wildman–Crippen MR) is 69.1 cm³/mol. The summed E-state index contributed by atoms with van der Waals surface area (Å²) >= 11 is 4.70. The Morgan fingerprint density at radius 1 is 1.38 bits per heavy atom. The number of benzene rings is 1. The molecule has 0 aliphatic carbocycles. The Morgan fingerprint density at radius 2 is 1.94 bits per heavy atom. The fourth-order valence-corrected chi connectivity index (χ4v) is 1.46. The van der Waals surface area contributed by atoms with Gasteiger partial charge in [-0.25, -0.2) is 0 Å². The molecule has 0 aliphatic heterocycles. The quantitative estimate of drug-likeness (QED) is 0.808. The van der Waals surface area contributed by atoms with Gasteiger partial charge in [0, 0.05) is 13.6 Å². The minimum absolute atomic E-state index is 0.0481. The Morgan fingerprint density at radius 3 is 2.44 bits per heavy atom. The summed E-state index contributed by atoms with van der Waals surface area (Å²) in [5.41, 5.74) is 7.64. The molecule has 3 nitrogen and oxygen atoms in total. The molecule has 0 saturated heterocycles. The van der Waals surface area contributed by atoms with Gasteiger partial charge in [-0.05, 0) is 12.5 Å². The molecule has 0 atom stereocenters. The number of rotatable bonds is 4. The normalized spacial score (nSPS) is 9.88. The lowest BCUT2D eigenvalue weighted by Crippen LogP contribution is -2.29. The van der Waals surface area contributed by atoms with Crippen LogP contribution in [0.3, 0.4) is 0 Å². The van der Waals surface area contributed by atoms with Crippen molar-refractivity contribution in [1.29, 1.82) is 0 Å². The first-order valence-electron chi connectivity index (χ1n) is 5.07. The monoisotopic (exact) mass is 236 g/mol. The van der Waals surface area contributed by atoms with Crippen LogP contribution >= 0.6 is 12.2 Å². The number of nitrogens with zero attached hydrogens (tertiary/aromatic N) is 1. The first-order chi connectivity index (χ1) is 7.49. The molecule has 0 saturated carbocycles. The fraction of sp³-hybridized carbons (Fsp3) is 0.333. The van der Waals surface area contributed by atoms with E-state index in [0.717, 1.165) is 5.56 Å². The number of amides is 1. The maximum atomic E-state index is 11.6. The summed E-state index contributed by atoms with van der Waals surface area (Å²) in [5.74, 6) is -0.0481. The Balaban J connectivity index is 2.57. The molecule has 0 radical (unpaired) electrons. The van der Waals surface area contributed by atoms with Gasteiger partial charge in [-0.1, -0.05) is 42.0 Å². The molecule has 1 rings (SSSR count). The van der Waals surface area contributed by atoms with Crippen molar-refractivity contribution in [2.45, 2.75) is 19.9 Å². The summed E-state index contributed by atoms with van der Waals surface area (Å²) in [6.07, 6.45) is 0.137. The van der Waals surface area contributed by atoms with Crippen LogP contribution in [0.4, 0.5) is 0 Å². The van der Waals surface area contributed by atoms with Crippen LogP contribution < -0.4 is 5.73 Å². The molecular weight excluding hydrogens is 220 g/mol. The van der Waals surface area contributed by atoms with Crippen LogP contribution in [0.2, 0.25) is 0 Å². The molecule has 0 spiro atoms. The van der Waals surface area contributed by atoms with Crippen molar-refractivity contribution >= 4 is 23.1 Å². The van der Waals surface area contributed by atoms with Crippen molar-refractivity contribution in [3.63, 3.8) is 0 Å². The van der Waals surface area contributed by atoms with E-state index in [1.807, 2.05) is 31.2 Å². The van der Waals surface area contributed by atoms with Gasteiger partial charge in [0.1, 0.15) is 0 Å². The Bertz CT molecular complexity index is 387. The van der Waals surface area contributed by atoms with Gasteiger partial charge in [-0.2, -0.15) is 0 Å². The van der Waals surface area contributed by atoms with E-state index in [0.29, 0.717) is 6.54 Å². The lowest BCUT2D eigenvalue weighted by molar-refractivity contribution is -0.129. The van der Waals surface area contributed by atoms with Gasteiger partial charge in [0.05, 0.1) is 11.4 Å². The third kappa shape index (κ3) is 3.98. The van der Waals surface area contributed by atoms with Crippen LogP contribution in [0, 0.1) is 6.92 Å². The minimum atomic E-state index is -0.0481. The zero-order valence-electron chi connectivity index (χ0n) is 9.56. The second-order valence-corrected chi connectivity index (χ2v) is 4.40. The molecule has 1 aromatic rings. The van der Waals surface area contributed by atoms with Gasteiger partial charge in [0.15, 0.2) is 0 Å². The summed E-state index contributed by atoms with van der Waals surface area (Å²) in [6, 6.07) is 8.09. The van der Waals surface area contributed by atoms with E-state index < -0.39 is 0 Å². The lowest BCUT2D eigenvalue weighted by atomic mass is 10.1. The highest BCUT2D eigenvalue weighted by Gasteiger charge is 2.09. The number of thiocarbonyl (C=S) groups is 1. The lowest BCUT2D eigenvalue weighted by Gasteiger charge is -2.17. The van der Waals surface area contributed by atoms with Crippen molar-refractivity contribution in [2.75, 3.05) is 7.05 Å². The van der Waals surface area contributed by atoms with E-state index in [-0.39, 0.29) is 17.3 Å². The van der Waals surface area contributed by atoms with Crippen LogP contribution in [0.15, 0.2) is 24.3 Å². The molecule has 0 aliphatic rings. The van der Waals surface area contributed by atoms with E-state index in [9.17, 15) is 4.79 Å². The van der Waals surface area contributed by atoms with Gasteiger partial charge in [-0.15, -0.1) is 0 Å². The third-order valence-electron chi connectivity index (χ3n) is 2.29. The summed E-state index contributed by atoms with van der Waals surface area (Å²) < 4.78 is 0. The maximum Gasteiger partial charge on any atom is 0.229 e. The van der Waals surface area contributed by atoms with Gasteiger partial charge < -0.3 is 10.6 Å². The van der Waals surface area contributed by atoms with Crippen LogP contribution in [0.1, 0.15) is 17.5 Å².